The molecule has 1 heterocycles. The van der Waals surface area contributed by atoms with E-state index >= 15 is 0 Å². The second-order valence-corrected chi connectivity index (χ2v) is 4.15. The van der Waals surface area contributed by atoms with Crippen LogP contribution in [0, 0.1) is 0 Å². The lowest BCUT2D eigenvalue weighted by Gasteiger charge is -2.17. The minimum Gasteiger partial charge on any atom is -0.359 e. The van der Waals surface area contributed by atoms with Crippen LogP contribution in [-0.4, -0.2) is 38.1 Å². The van der Waals surface area contributed by atoms with E-state index in [0.717, 1.165) is 18.9 Å². The van der Waals surface area contributed by atoms with Crippen LogP contribution in [0.1, 0.15) is 18.9 Å². The van der Waals surface area contributed by atoms with Gasteiger partial charge in [-0.15, -0.1) is 0 Å². The fourth-order valence-electron chi connectivity index (χ4n) is 1.53. The van der Waals surface area contributed by atoms with Crippen molar-refractivity contribution in [2.45, 2.75) is 19.9 Å². The number of amides is 1. The Morgan fingerprint density at radius 3 is 2.78 bits per heavy atom. The number of hydrogen-bond donors (Lipinski definition) is 2. The van der Waals surface area contributed by atoms with E-state index < -0.39 is 0 Å². The van der Waals surface area contributed by atoms with E-state index in [2.05, 4.69) is 28.6 Å². The number of pyridine rings is 1. The Bertz CT molecular complexity index is 364. The number of hydrogen-bond acceptors (Lipinski definition) is 4. The van der Waals surface area contributed by atoms with E-state index in [9.17, 15) is 4.79 Å². The first-order valence-electron chi connectivity index (χ1n) is 6.24. The minimum atomic E-state index is 0.0469. The predicted octanol–water partition coefficient (Wildman–Crippen LogP) is 0.763. The van der Waals surface area contributed by atoms with E-state index in [4.69, 9.17) is 0 Å². The molecule has 1 rings (SSSR count). The smallest absolute Gasteiger partial charge is 0.221 e. The number of rotatable bonds is 7. The lowest BCUT2D eigenvalue weighted by molar-refractivity contribution is -0.120. The van der Waals surface area contributed by atoms with Crippen LogP contribution >= 0.6 is 0 Å². The van der Waals surface area contributed by atoms with Crippen molar-refractivity contribution >= 4 is 11.7 Å². The molecule has 0 atom stereocenters. The van der Waals surface area contributed by atoms with Crippen molar-refractivity contribution in [1.29, 1.82) is 0 Å². The maximum atomic E-state index is 11.2. The minimum absolute atomic E-state index is 0.0469. The zero-order valence-electron chi connectivity index (χ0n) is 11.4. The summed E-state index contributed by atoms with van der Waals surface area (Å²) in [6, 6.07) is 4.04. The third-order valence-electron chi connectivity index (χ3n) is 2.73. The summed E-state index contributed by atoms with van der Waals surface area (Å²) >= 11 is 0. The van der Waals surface area contributed by atoms with Gasteiger partial charge in [-0.3, -0.25) is 4.79 Å². The summed E-state index contributed by atoms with van der Waals surface area (Å²) in [5.41, 5.74) is 1.17. The highest BCUT2D eigenvalue weighted by Crippen LogP contribution is 2.09. The Labute approximate surface area is 109 Å². The van der Waals surface area contributed by atoms with E-state index in [1.165, 1.54) is 5.56 Å². The molecular formula is C13H22N4O. The summed E-state index contributed by atoms with van der Waals surface area (Å²) in [7, 11) is 3.59. The molecule has 0 spiro atoms. The maximum Gasteiger partial charge on any atom is 0.221 e. The second kappa shape index (κ2) is 7.66. The van der Waals surface area contributed by atoms with Gasteiger partial charge >= 0.3 is 0 Å². The van der Waals surface area contributed by atoms with Crippen molar-refractivity contribution < 1.29 is 4.79 Å². The van der Waals surface area contributed by atoms with Crippen molar-refractivity contribution in [1.82, 2.24) is 15.6 Å². The molecule has 0 saturated carbocycles. The molecule has 5 nitrogen and oxygen atoms in total. The molecule has 2 N–H and O–H groups in total. The molecule has 1 amide bonds. The lowest BCUT2D eigenvalue weighted by atomic mass is 10.2. The Balaban J connectivity index is 2.48. The first-order chi connectivity index (χ1) is 8.67. The Kier molecular flexibility index (Phi) is 6.14. The number of carbonyl (C=O) groups excluding carboxylic acids is 1. The standard InChI is InChI=1S/C13H22N4O/c1-4-15-9-11-5-6-12(16-10-11)17(3)8-7-13(18)14-2/h5-6,10,15H,4,7-9H2,1-3H3,(H,14,18). The van der Waals surface area contributed by atoms with E-state index in [0.29, 0.717) is 13.0 Å². The van der Waals surface area contributed by atoms with Gasteiger partial charge in [0.2, 0.25) is 5.91 Å². The van der Waals surface area contributed by atoms with Crippen LogP contribution in [-0.2, 0) is 11.3 Å². The molecule has 1 aromatic heterocycles. The van der Waals surface area contributed by atoms with Crippen LogP contribution in [0.25, 0.3) is 0 Å². The first-order valence-corrected chi connectivity index (χ1v) is 6.24. The van der Waals surface area contributed by atoms with Crippen LogP contribution in [0.2, 0.25) is 0 Å². The molecule has 0 aliphatic rings. The molecule has 18 heavy (non-hydrogen) atoms. The van der Waals surface area contributed by atoms with Crippen molar-refractivity contribution in [3.8, 4) is 0 Å². The number of anilines is 1. The number of nitrogens with zero attached hydrogens (tertiary/aromatic N) is 2. The normalized spacial score (nSPS) is 10.2. The quantitative estimate of drug-likeness (QED) is 0.750. The molecule has 0 aliphatic carbocycles. The molecular weight excluding hydrogens is 228 g/mol. The van der Waals surface area contributed by atoms with Gasteiger partial charge in [-0.25, -0.2) is 4.98 Å². The molecule has 100 valence electrons. The fraction of sp³-hybridized carbons (Fsp3) is 0.538. The molecule has 0 aliphatic heterocycles. The average molecular weight is 250 g/mol. The molecule has 5 heteroatoms. The van der Waals surface area contributed by atoms with Crippen LogP contribution in [0.3, 0.4) is 0 Å². The van der Waals surface area contributed by atoms with Gasteiger partial charge in [-0.05, 0) is 18.2 Å². The summed E-state index contributed by atoms with van der Waals surface area (Å²) in [6.07, 6.45) is 2.35. The number of carbonyl (C=O) groups is 1. The number of nitrogens with one attached hydrogen (secondary N) is 2. The summed E-state index contributed by atoms with van der Waals surface area (Å²) in [4.78, 5) is 17.5. The fourth-order valence-corrected chi connectivity index (χ4v) is 1.53. The molecule has 0 fully saturated rings. The van der Waals surface area contributed by atoms with Gasteiger partial charge < -0.3 is 15.5 Å². The maximum absolute atomic E-state index is 11.2. The highest BCUT2D eigenvalue weighted by atomic mass is 16.1. The van der Waals surface area contributed by atoms with Gasteiger partial charge in [-0.1, -0.05) is 13.0 Å². The zero-order valence-corrected chi connectivity index (χ0v) is 11.4. The van der Waals surface area contributed by atoms with Gasteiger partial charge in [-0.2, -0.15) is 0 Å². The molecule has 1 aromatic rings. The monoisotopic (exact) mass is 250 g/mol. The van der Waals surface area contributed by atoms with Crippen LogP contribution in [0.4, 0.5) is 5.82 Å². The lowest BCUT2D eigenvalue weighted by Crippen LogP contribution is -2.26. The topological polar surface area (TPSA) is 57.3 Å². The highest BCUT2D eigenvalue weighted by Gasteiger charge is 2.05. The largest absolute Gasteiger partial charge is 0.359 e. The third-order valence-corrected chi connectivity index (χ3v) is 2.73. The highest BCUT2D eigenvalue weighted by molar-refractivity contribution is 5.76. The van der Waals surface area contributed by atoms with Crippen LogP contribution in [0.15, 0.2) is 18.3 Å². The molecule has 0 unspecified atom stereocenters. The van der Waals surface area contributed by atoms with E-state index in [-0.39, 0.29) is 5.91 Å². The molecule has 0 aromatic carbocycles. The van der Waals surface area contributed by atoms with Gasteiger partial charge in [0.1, 0.15) is 5.82 Å². The molecule has 0 saturated heterocycles. The van der Waals surface area contributed by atoms with Gasteiger partial charge in [0.25, 0.3) is 0 Å². The zero-order chi connectivity index (χ0) is 13.4. The Morgan fingerprint density at radius 2 is 2.22 bits per heavy atom. The van der Waals surface area contributed by atoms with Crippen LogP contribution < -0.4 is 15.5 Å². The second-order valence-electron chi connectivity index (χ2n) is 4.15. The van der Waals surface area contributed by atoms with E-state index in [1.807, 2.05) is 24.2 Å². The Hall–Kier alpha value is -1.62. The molecule has 0 radical (unpaired) electrons. The van der Waals surface area contributed by atoms with Crippen molar-refractivity contribution in [2.24, 2.45) is 0 Å². The first kappa shape index (κ1) is 14.4. The van der Waals surface area contributed by atoms with Gasteiger partial charge in [0.15, 0.2) is 0 Å². The van der Waals surface area contributed by atoms with Crippen LogP contribution in [0.5, 0.6) is 0 Å². The summed E-state index contributed by atoms with van der Waals surface area (Å²) < 4.78 is 0. The Morgan fingerprint density at radius 1 is 1.44 bits per heavy atom. The average Bonchev–Trinajstić information content (AvgIpc) is 2.42. The van der Waals surface area contributed by atoms with Crippen molar-refractivity contribution in [2.75, 3.05) is 32.1 Å². The summed E-state index contributed by atoms with van der Waals surface area (Å²) in [5.74, 6) is 0.935. The predicted molar refractivity (Wildman–Crippen MR) is 73.6 cm³/mol. The van der Waals surface area contributed by atoms with Crippen molar-refractivity contribution in [3.05, 3.63) is 23.9 Å². The van der Waals surface area contributed by atoms with Gasteiger partial charge in [0, 0.05) is 39.8 Å². The van der Waals surface area contributed by atoms with E-state index in [1.54, 1.807) is 7.05 Å². The SMILES string of the molecule is CCNCc1ccc(N(C)CCC(=O)NC)nc1. The molecule has 0 bridgehead atoms. The van der Waals surface area contributed by atoms with Gasteiger partial charge in [0.05, 0.1) is 0 Å². The third kappa shape index (κ3) is 4.71. The summed E-state index contributed by atoms with van der Waals surface area (Å²) in [6.45, 7) is 4.53. The summed E-state index contributed by atoms with van der Waals surface area (Å²) in [5, 5.41) is 5.86. The number of aromatic nitrogens is 1. The van der Waals surface area contributed by atoms with Crippen molar-refractivity contribution in [3.63, 3.8) is 0 Å².